The molecule has 0 spiro atoms. The molecule has 4 aromatic rings. The van der Waals surface area contributed by atoms with Gasteiger partial charge in [-0.3, -0.25) is 9.78 Å². The summed E-state index contributed by atoms with van der Waals surface area (Å²) in [4.78, 5) is 28.1. The lowest BCUT2D eigenvalue weighted by Crippen LogP contribution is -2.23. The van der Waals surface area contributed by atoms with E-state index in [4.69, 9.17) is 0 Å². The summed E-state index contributed by atoms with van der Waals surface area (Å²) in [5.74, 6) is 0.513. The van der Waals surface area contributed by atoms with Crippen LogP contribution in [0.1, 0.15) is 15.6 Å². The number of aromatic amines is 1. The minimum atomic E-state index is -0.207. The first-order valence-electron chi connectivity index (χ1n) is 6.72. The van der Waals surface area contributed by atoms with Crippen LogP contribution in [0.25, 0.3) is 21.3 Å². The predicted octanol–water partition coefficient (Wildman–Crippen LogP) is 2.50. The number of fused-ring (bicyclic) bond motifs is 2. The molecule has 0 radical (unpaired) electrons. The fourth-order valence-electron chi connectivity index (χ4n) is 2.21. The molecule has 3 heterocycles. The fourth-order valence-corrected chi connectivity index (χ4v) is 3.06. The SMILES string of the molecule is O=C(NCc1nc2ccccc2[nH]1)c1nc2cnccc2s1. The summed E-state index contributed by atoms with van der Waals surface area (Å²) in [5.41, 5.74) is 2.58. The average molecular weight is 309 g/mol. The van der Waals surface area contributed by atoms with Crippen molar-refractivity contribution in [3.8, 4) is 0 Å². The van der Waals surface area contributed by atoms with Crippen LogP contribution in [0.5, 0.6) is 0 Å². The van der Waals surface area contributed by atoms with Crippen molar-refractivity contribution in [3.05, 3.63) is 53.6 Å². The maximum absolute atomic E-state index is 12.2. The maximum Gasteiger partial charge on any atom is 0.280 e. The highest BCUT2D eigenvalue weighted by molar-refractivity contribution is 7.20. The first kappa shape index (κ1) is 12.9. The standard InChI is InChI=1S/C15H11N5OS/c21-14(15-20-11-7-16-6-5-12(11)22-15)17-8-13-18-9-3-1-2-4-10(9)19-13/h1-7H,8H2,(H,17,21)(H,18,19). The third-order valence-electron chi connectivity index (χ3n) is 3.24. The third kappa shape index (κ3) is 2.31. The van der Waals surface area contributed by atoms with Crippen LogP contribution < -0.4 is 5.32 Å². The molecule has 0 aliphatic rings. The number of nitrogens with zero attached hydrogens (tertiary/aromatic N) is 3. The molecule has 0 aliphatic carbocycles. The topological polar surface area (TPSA) is 83.6 Å². The van der Waals surface area contributed by atoms with Gasteiger partial charge in [0, 0.05) is 6.20 Å². The maximum atomic E-state index is 12.2. The van der Waals surface area contributed by atoms with Gasteiger partial charge in [0.05, 0.1) is 28.5 Å². The van der Waals surface area contributed by atoms with E-state index < -0.39 is 0 Å². The van der Waals surface area contributed by atoms with Gasteiger partial charge in [0.25, 0.3) is 5.91 Å². The van der Waals surface area contributed by atoms with E-state index in [1.165, 1.54) is 11.3 Å². The zero-order valence-electron chi connectivity index (χ0n) is 11.4. The zero-order chi connectivity index (χ0) is 14.9. The zero-order valence-corrected chi connectivity index (χ0v) is 12.2. The van der Waals surface area contributed by atoms with E-state index in [0.717, 1.165) is 27.1 Å². The van der Waals surface area contributed by atoms with Gasteiger partial charge in [0.15, 0.2) is 5.01 Å². The first-order chi connectivity index (χ1) is 10.8. The lowest BCUT2D eigenvalue weighted by atomic mass is 10.3. The Morgan fingerprint density at radius 3 is 2.95 bits per heavy atom. The van der Waals surface area contributed by atoms with Crippen LogP contribution >= 0.6 is 11.3 Å². The summed E-state index contributed by atoms with van der Waals surface area (Å²) in [6.07, 6.45) is 3.35. The molecule has 3 aromatic heterocycles. The van der Waals surface area contributed by atoms with Crippen LogP contribution in [-0.2, 0) is 6.54 Å². The molecule has 0 atom stereocenters. The van der Waals surface area contributed by atoms with Gasteiger partial charge in [-0.2, -0.15) is 0 Å². The van der Waals surface area contributed by atoms with Crippen molar-refractivity contribution in [1.82, 2.24) is 25.3 Å². The molecule has 0 aliphatic heterocycles. The smallest absolute Gasteiger partial charge is 0.280 e. The number of thiazole rings is 1. The Bertz CT molecular complexity index is 908. The van der Waals surface area contributed by atoms with Gasteiger partial charge < -0.3 is 10.3 Å². The number of hydrogen-bond donors (Lipinski definition) is 2. The van der Waals surface area contributed by atoms with Crippen LogP contribution in [0, 0.1) is 0 Å². The van der Waals surface area contributed by atoms with Crippen molar-refractivity contribution < 1.29 is 4.79 Å². The fraction of sp³-hybridized carbons (Fsp3) is 0.0667. The first-order valence-corrected chi connectivity index (χ1v) is 7.53. The molecule has 22 heavy (non-hydrogen) atoms. The lowest BCUT2D eigenvalue weighted by Gasteiger charge is -1.99. The van der Waals surface area contributed by atoms with Crippen LogP contribution in [0.2, 0.25) is 0 Å². The van der Waals surface area contributed by atoms with Crippen molar-refractivity contribution in [2.75, 3.05) is 0 Å². The second-order valence-corrected chi connectivity index (χ2v) is 5.78. The number of carbonyl (C=O) groups is 1. The molecule has 1 aromatic carbocycles. The van der Waals surface area contributed by atoms with Gasteiger partial charge in [-0.05, 0) is 18.2 Å². The van der Waals surface area contributed by atoms with E-state index in [9.17, 15) is 4.79 Å². The van der Waals surface area contributed by atoms with Gasteiger partial charge in [-0.25, -0.2) is 9.97 Å². The number of benzene rings is 1. The molecular formula is C15H11N5OS. The van der Waals surface area contributed by atoms with E-state index in [1.54, 1.807) is 12.4 Å². The Hall–Kier alpha value is -2.80. The van der Waals surface area contributed by atoms with E-state index >= 15 is 0 Å². The van der Waals surface area contributed by atoms with Crippen LogP contribution in [-0.4, -0.2) is 25.8 Å². The average Bonchev–Trinajstić information content (AvgIpc) is 3.15. The number of aromatic nitrogens is 4. The number of para-hydroxylation sites is 2. The summed E-state index contributed by atoms with van der Waals surface area (Å²) in [6, 6.07) is 9.60. The Morgan fingerprint density at radius 2 is 2.09 bits per heavy atom. The molecular weight excluding hydrogens is 298 g/mol. The molecule has 0 bridgehead atoms. The van der Waals surface area contributed by atoms with Gasteiger partial charge in [-0.15, -0.1) is 11.3 Å². The normalized spacial score (nSPS) is 11.1. The summed E-state index contributed by atoms with van der Waals surface area (Å²) < 4.78 is 0.948. The van der Waals surface area contributed by atoms with Crippen molar-refractivity contribution in [2.45, 2.75) is 6.54 Å². The molecule has 108 valence electrons. The highest BCUT2D eigenvalue weighted by Gasteiger charge is 2.12. The molecule has 0 saturated carbocycles. The molecule has 0 unspecified atom stereocenters. The number of nitrogens with one attached hydrogen (secondary N) is 2. The molecule has 4 rings (SSSR count). The second-order valence-electron chi connectivity index (χ2n) is 4.75. The number of rotatable bonds is 3. The van der Waals surface area contributed by atoms with E-state index in [-0.39, 0.29) is 5.91 Å². The number of carbonyl (C=O) groups excluding carboxylic acids is 1. The van der Waals surface area contributed by atoms with Gasteiger partial charge in [0.2, 0.25) is 0 Å². The summed E-state index contributed by atoms with van der Waals surface area (Å²) in [5, 5.41) is 3.26. The van der Waals surface area contributed by atoms with Crippen LogP contribution in [0.3, 0.4) is 0 Å². The van der Waals surface area contributed by atoms with Crippen molar-refractivity contribution >= 4 is 38.5 Å². The summed E-state index contributed by atoms with van der Waals surface area (Å²) >= 11 is 1.35. The van der Waals surface area contributed by atoms with E-state index in [1.807, 2.05) is 30.3 Å². The van der Waals surface area contributed by atoms with Crippen LogP contribution in [0.15, 0.2) is 42.7 Å². The van der Waals surface area contributed by atoms with E-state index in [0.29, 0.717) is 11.6 Å². The summed E-state index contributed by atoms with van der Waals surface area (Å²) in [6.45, 7) is 0.335. The third-order valence-corrected chi connectivity index (χ3v) is 4.27. The molecule has 6 nitrogen and oxygen atoms in total. The summed E-state index contributed by atoms with van der Waals surface area (Å²) in [7, 11) is 0. The van der Waals surface area contributed by atoms with Gasteiger partial charge in [0.1, 0.15) is 11.3 Å². The molecule has 1 amide bonds. The lowest BCUT2D eigenvalue weighted by molar-refractivity contribution is 0.0950. The van der Waals surface area contributed by atoms with Crippen molar-refractivity contribution in [3.63, 3.8) is 0 Å². The minimum Gasteiger partial charge on any atom is -0.343 e. The van der Waals surface area contributed by atoms with Gasteiger partial charge >= 0.3 is 0 Å². The second kappa shape index (κ2) is 5.19. The Kier molecular flexibility index (Phi) is 3.05. The molecule has 0 fully saturated rings. The highest BCUT2D eigenvalue weighted by Crippen LogP contribution is 2.20. The van der Waals surface area contributed by atoms with Crippen LogP contribution in [0.4, 0.5) is 0 Å². The van der Waals surface area contributed by atoms with Gasteiger partial charge in [-0.1, -0.05) is 12.1 Å². The molecule has 0 saturated heterocycles. The van der Waals surface area contributed by atoms with E-state index in [2.05, 4.69) is 25.3 Å². The predicted molar refractivity (Wildman–Crippen MR) is 84.7 cm³/mol. The molecule has 7 heteroatoms. The Labute approximate surface area is 129 Å². The quantitative estimate of drug-likeness (QED) is 0.609. The number of H-pyrrole nitrogens is 1. The van der Waals surface area contributed by atoms with Crippen molar-refractivity contribution in [1.29, 1.82) is 0 Å². The Morgan fingerprint density at radius 1 is 1.18 bits per heavy atom. The number of amides is 1. The number of hydrogen-bond acceptors (Lipinski definition) is 5. The molecule has 2 N–H and O–H groups in total. The van der Waals surface area contributed by atoms with Crippen molar-refractivity contribution in [2.24, 2.45) is 0 Å². The number of pyridine rings is 1. The Balaban J connectivity index is 1.51. The minimum absolute atomic E-state index is 0.207. The highest BCUT2D eigenvalue weighted by atomic mass is 32.1. The monoisotopic (exact) mass is 309 g/mol. The number of imidazole rings is 1. The largest absolute Gasteiger partial charge is 0.343 e.